The maximum Gasteiger partial charge on any atom is 0.416 e. The first-order valence-corrected chi connectivity index (χ1v) is 9.05. The summed E-state index contributed by atoms with van der Waals surface area (Å²) in [6, 6.07) is 12.9. The van der Waals surface area contributed by atoms with E-state index >= 15 is 0 Å². The highest BCUT2D eigenvalue weighted by molar-refractivity contribution is 5.85. The minimum atomic E-state index is -4.30. The molecule has 1 aliphatic rings. The third-order valence-corrected chi connectivity index (χ3v) is 4.68. The van der Waals surface area contributed by atoms with Gasteiger partial charge in [-0.05, 0) is 48.9 Å². The summed E-state index contributed by atoms with van der Waals surface area (Å²) >= 11 is 0. The van der Waals surface area contributed by atoms with Crippen LogP contribution in [0.25, 0.3) is 0 Å². The molecular weight excluding hydrogens is 426 g/mol. The standard InChI is InChI=1S/C20H24F3N3O.2ClH/c21-20(22,23)16-3-1-4-18(15-16)26-12-10-25(11-13-26)9-2-14-27-19-7-5-17(24)6-8-19;;/h1,3-8,15H,2,9-14,24H2;2*1H. The predicted octanol–water partition coefficient (Wildman–Crippen LogP) is 4.72. The number of hydrogen-bond acceptors (Lipinski definition) is 4. The van der Waals surface area contributed by atoms with Crippen LogP contribution in [0.3, 0.4) is 0 Å². The van der Waals surface area contributed by atoms with Gasteiger partial charge in [0.1, 0.15) is 5.75 Å². The number of hydrogen-bond donors (Lipinski definition) is 1. The minimum Gasteiger partial charge on any atom is -0.494 e. The highest BCUT2D eigenvalue weighted by atomic mass is 35.5. The average Bonchev–Trinajstić information content (AvgIpc) is 2.67. The Labute approximate surface area is 181 Å². The first-order valence-electron chi connectivity index (χ1n) is 9.05. The van der Waals surface area contributed by atoms with Gasteiger partial charge in [-0.25, -0.2) is 0 Å². The normalized spacial score (nSPS) is 14.7. The fraction of sp³-hybridized carbons (Fsp3) is 0.400. The zero-order valence-electron chi connectivity index (χ0n) is 15.9. The SMILES string of the molecule is Cl.Cl.Nc1ccc(OCCCN2CCN(c3cccc(C(F)(F)F)c3)CC2)cc1. The predicted molar refractivity (Wildman–Crippen MR) is 116 cm³/mol. The van der Waals surface area contributed by atoms with Crippen molar-refractivity contribution in [2.75, 3.05) is 50.0 Å². The fourth-order valence-corrected chi connectivity index (χ4v) is 3.15. The van der Waals surface area contributed by atoms with Crippen LogP contribution in [0.2, 0.25) is 0 Å². The van der Waals surface area contributed by atoms with Gasteiger partial charge in [-0.15, -0.1) is 24.8 Å². The van der Waals surface area contributed by atoms with Crippen molar-refractivity contribution in [1.82, 2.24) is 4.90 Å². The summed E-state index contributed by atoms with van der Waals surface area (Å²) < 4.78 is 44.3. The lowest BCUT2D eigenvalue weighted by molar-refractivity contribution is -0.137. The molecular formula is C20H26Cl2F3N3O. The van der Waals surface area contributed by atoms with Gasteiger partial charge in [-0.1, -0.05) is 6.07 Å². The van der Waals surface area contributed by atoms with E-state index in [4.69, 9.17) is 10.5 Å². The second-order valence-corrected chi connectivity index (χ2v) is 6.65. The highest BCUT2D eigenvalue weighted by Crippen LogP contribution is 2.31. The average molecular weight is 452 g/mol. The maximum absolute atomic E-state index is 12.9. The van der Waals surface area contributed by atoms with Gasteiger partial charge >= 0.3 is 6.18 Å². The van der Waals surface area contributed by atoms with Crippen LogP contribution >= 0.6 is 24.8 Å². The molecule has 0 spiro atoms. The van der Waals surface area contributed by atoms with Crippen LogP contribution in [0, 0.1) is 0 Å². The molecule has 9 heteroatoms. The number of anilines is 2. The molecule has 0 atom stereocenters. The van der Waals surface area contributed by atoms with Gasteiger partial charge in [0.05, 0.1) is 12.2 Å². The molecule has 2 aromatic rings. The van der Waals surface area contributed by atoms with E-state index in [9.17, 15) is 13.2 Å². The van der Waals surface area contributed by atoms with Crippen molar-refractivity contribution in [2.45, 2.75) is 12.6 Å². The summed E-state index contributed by atoms with van der Waals surface area (Å²) in [5.41, 5.74) is 6.39. The van der Waals surface area contributed by atoms with Crippen molar-refractivity contribution in [2.24, 2.45) is 0 Å². The lowest BCUT2D eigenvalue weighted by Gasteiger charge is -2.36. The largest absolute Gasteiger partial charge is 0.494 e. The number of piperazine rings is 1. The molecule has 1 heterocycles. The molecule has 2 aromatic carbocycles. The number of nitrogen functional groups attached to an aromatic ring is 1. The third-order valence-electron chi connectivity index (χ3n) is 4.68. The van der Waals surface area contributed by atoms with Crippen LogP contribution < -0.4 is 15.4 Å². The van der Waals surface area contributed by atoms with Crippen LogP contribution in [0.4, 0.5) is 24.5 Å². The number of nitrogens with zero attached hydrogens (tertiary/aromatic N) is 2. The van der Waals surface area contributed by atoms with Crippen LogP contribution in [0.5, 0.6) is 5.75 Å². The molecule has 1 aliphatic heterocycles. The molecule has 0 saturated carbocycles. The first kappa shape index (κ1) is 25.2. The second-order valence-electron chi connectivity index (χ2n) is 6.65. The number of benzene rings is 2. The van der Waals surface area contributed by atoms with E-state index in [1.807, 2.05) is 29.2 Å². The Kier molecular flexibility index (Phi) is 9.89. The van der Waals surface area contributed by atoms with Gasteiger partial charge in [0, 0.05) is 44.1 Å². The Morgan fingerprint density at radius 2 is 1.59 bits per heavy atom. The lowest BCUT2D eigenvalue weighted by atomic mass is 10.1. The first-order chi connectivity index (χ1) is 12.9. The molecule has 0 aromatic heterocycles. The van der Waals surface area contributed by atoms with E-state index in [0.29, 0.717) is 18.0 Å². The van der Waals surface area contributed by atoms with Gasteiger partial charge in [0.2, 0.25) is 0 Å². The molecule has 2 N–H and O–H groups in total. The number of halogens is 5. The molecule has 3 rings (SSSR count). The fourth-order valence-electron chi connectivity index (χ4n) is 3.15. The summed E-state index contributed by atoms with van der Waals surface area (Å²) in [6.07, 6.45) is -3.41. The van der Waals surface area contributed by atoms with Crippen molar-refractivity contribution in [1.29, 1.82) is 0 Å². The molecule has 1 saturated heterocycles. The topological polar surface area (TPSA) is 41.7 Å². The zero-order chi connectivity index (χ0) is 19.3. The van der Waals surface area contributed by atoms with Crippen LogP contribution in [0.1, 0.15) is 12.0 Å². The smallest absolute Gasteiger partial charge is 0.416 e. The monoisotopic (exact) mass is 451 g/mol. The molecule has 29 heavy (non-hydrogen) atoms. The summed E-state index contributed by atoms with van der Waals surface area (Å²) in [7, 11) is 0. The highest BCUT2D eigenvalue weighted by Gasteiger charge is 2.31. The third kappa shape index (κ3) is 7.49. The summed E-state index contributed by atoms with van der Waals surface area (Å²) in [5, 5.41) is 0. The molecule has 0 unspecified atom stereocenters. The number of nitrogens with two attached hydrogens (primary N) is 1. The minimum absolute atomic E-state index is 0. The van der Waals surface area contributed by atoms with E-state index in [0.717, 1.165) is 51.0 Å². The van der Waals surface area contributed by atoms with Gasteiger partial charge < -0.3 is 15.4 Å². The van der Waals surface area contributed by atoms with Gasteiger partial charge in [-0.2, -0.15) is 13.2 Å². The van der Waals surface area contributed by atoms with Gasteiger partial charge in [0.15, 0.2) is 0 Å². The van der Waals surface area contributed by atoms with Crippen molar-refractivity contribution in [3.05, 3.63) is 54.1 Å². The number of alkyl halides is 3. The Hall–Kier alpha value is -1.83. The van der Waals surface area contributed by atoms with Crippen LogP contribution in [-0.4, -0.2) is 44.2 Å². The summed E-state index contributed by atoms with van der Waals surface area (Å²) in [4.78, 5) is 4.33. The Bertz CT molecular complexity index is 736. The maximum atomic E-state index is 12.9. The Balaban J connectivity index is 0.00000210. The van der Waals surface area contributed by atoms with Crippen LogP contribution in [-0.2, 0) is 6.18 Å². The molecule has 0 bridgehead atoms. The van der Waals surface area contributed by atoms with E-state index in [2.05, 4.69) is 4.90 Å². The quantitative estimate of drug-likeness (QED) is 0.509. The van der Waals surface area contributed by atoms with E-state index in [-0.39, 0.29) is 24.8 Å². The molecule has 0 aliphatic carbocycles. The Morgan fingerprint density at radius 3 is 2.21 bits per heavy atom. The molecule has 4 nitrogen and oxygen atoms in total. The molecule has 0 radical (unpaired) electrons. The molecule has 1 fully saturated rings. The van der Waals surface area contributed by atoms with Crippen molar-refractivity contribution >= 4 is 36.2 Å². The zero-order valence-corrected chi connectivity index (χ0v) is 17.5. The lowest BCUT2D eigenvalue weighted by Crippen LogP contribution is -2.46. The van der Waals surface area contributed by atoms with Gasteiger partial charge in [0.25, 0.3) is 0 Å². The Morgan fingerprint density at radius 1 is 0.931 bits per heavy atom. The molecule has 162 valence electrons. The van der Waals surface area contributed by atoms with E-state index in [1.54, 1.807) is 6.07 Å². The number of ether oxygens (including phenoxy) is 1. The summed E-state index contributed by atoms with van der Waals surface area (Å²) in [5.74, 6) is 0.804. The van der Waals surface area contributed by atoms with Crippen LogP contribution in [0.15, 0.2) is 48.5 Å². The summed E-state index contributed by atoms with van der Waals surface area (Å²) in [6.45, 7) is 4.64. The van der Waals surface area contributed by atoms with Crippen molar-refractivity contribution in [3.63, 3.8) is 0 Å². The van der Waals surface area contributed by atoms with Crippen molar-refractivity contribution in [3.8, 4) is 5.75 Å². The molecule has 0 amide bonds. The number of rotatable bonds is 6. The second kappa shape index (κ2) is 11.4. The van der Waals surface area contributed by atoms with Gasteiger partial charge in [-0.3, -0.25) is 4.90 Å². The van der Waals surface area contributed by atoms with E-state index in [1.165, 1.54) is 12.1 Å². The van der Waals surface area contributed by atoms with E-state index < -0.39 is 11.7 Å². The van der Waals surface area contributed by atoms with Crippen molar-refractivity contribution < 1.29 is 17.9 Å².